The van der Waals surface area contributed by atoms with Crippen molar-refractivity contribution in [3.8, 4) is 0 Å². The molecule has 3 saturated carbocycles. The maximum absolute atomic E-state index is 16.8. The molecule has 4 rings (SSSR count). The Morgan fingerprint density at radius 1 is 1.30 bits per heavy atom. The highest BCUT2D eigenvalue weighted by atomic mass is 32.2. The second-order valence-electron chi connectivity index (χ2n) is 10.2. The molecule has 0 heterocycles. The molecule has 0 aromatic heterocycles. The third-order valence-electron chi connectivity index (χ3n) is 9.12. The molecule has 4 aliphatic carbocycles. The number of rotatable bonds is 5. The standard InChI is InChI=1S/C25H37FS/c1-5-15-27-16-11-20-18(2)17-22-21-10-9-19-8-6-7-12-24(19,4)25(21,26)14-13-23(20,22)3/h5,7-8,12,18,20-22H,1,6,9-11,13-17H2,2-4H3/t18-,20+,21+,22+,23-,24+,25-/m1/s1. The van der Waals surface area contributed by atoms with Crippen LogP contribution in [0.15, 0.2) is 36.5 Å². The summed E-state index contributed by atoms with van der Waals surface area (Å²) in [6.45, 7) is 11.0. The van der Waals surface area contributed by atoms with Gasteiger partial charge in [0.1, 0.15) is 5.67 Å². The fourth-order valence-electron chi connectivity index (χ4n) is 7.69. The van der Waals surface area contributed by atoms with Gasteiger partial charge in [-0.1, -0.05) is 43.7 Å². The van der Waals surface area contributed by atoms with Gasteiger partial charge in [0.15, 0.2) is 0 Å². The number of allylic oxidation sites excluding steroid dienone is 4. The van der Waals surface area contributed by atoms with Crippen LogP contribution >= 0.6 is 11.8 Å². The number of fused-ring (bicyclic) bond motifs is 5. The van der Waals surface area contributed by atoms with Gasteiger partial charge in [-0.15, -0.1) is 6.58 Å². The van der Waals surface area contributed by atoms with Crippen molar-refractivity contribution in [3.05, 3.63) is 36.5 Å². The average molecular weight is 389 g/mol. The van der Waals surface area contributed by atoms with E-state index in [0.717, 1.165) is 49.7 Å². The molecule has 0 N–H and O–H groups in total. The van der Waals surface area contributed by atoms with Crippen LogP contribution in [0.1, 0.15) is 65.7 Å². The van der Waals surface area contributed by atoms with Gasteiger partial charge in [-0.3, -0.25) is 0 Å². The summed E-state index contributed by atoms with van der Waals surface area (Å²) in [6.07, 6.45) is 16.3. The fourth-order valence-corrected chi connectivity index (χ4v) is 8.44. The highest BCUT2D eigenvalue weighted by Crippen LogP contribution is 2.70. The van der Waals surface area contributed by atoms with E-state index >= 15 is 4.39 Å². The lowest BCUT2D eigenvalue weighted by Gasteiger charge is -2.60. The van der Waals surface area contributed by atoms with Crippen LogP contribution in [0.25, 0.3) is 0 Å². The quantitative estimate of drug-likeness (QED) is 0.350. The highest BCUT2D eigenvalue weighted by Gasteiger charge is 2.66. The van der Waals surface area contributed by atoms with Crippen LogP contribution in [-0.4, -0.2) is 17.2 Å². The van der Waals surface area contributed by atoms with Crippen molar-refractivity contribution in [3.63, 3.8) is 0 Å². The second-order valence-corrected chi connectivity index (χ2v) is 11.3. The van der Waals surface area contributed by atoms with Gasteiger partial charge in [0.05, 0.1) is 0 Å². The fraction of sp³-hybridized carbons (Fsp3) is 0.760. The molecule has 3 fully saturated rings. The molecular weight excluding hydrogens is 351 g/mol. The van der Waals surface area contributed by atoms with Crippen molar-refractivity contribution in [2.75, 3.05) is 11.5 Å². The lowest BCUT2D eigenvalue weighted by Crippen LogP contribution is -2.59. The molecule has 0 bridgehead atoms. The first kappa shape index (κ1) is 19.8. The molecule has 0 nitrogen and oxygen atoms in total. The molecule has 0 aliphatic heterocycles. The molecule has 7 atom stereocenters. The van der Waals surface area contributed by atoms with Gasteiger partial charge in [0.2, 0.25) is 0 Å². The van der Waals surface area contributed by atoms with Gasteiger partial charge in [0.25, 0.3) is 0 Å². The summed E-state index contributed by atoms with van der Waals surface area (Å²) >= 11 is 2.01. The minimum Gasteiger partial charge on any atom is -0.242 e. The van der Waals surface area contributed by atoms with E-state index < -0.39 is 5.67 Å². The van der Waals surface area contributed by atoms with Crippen molar-refractivity contribution in [1.29, 1.82) is 0 Å². The molecule has 150 valence electrons. The Hall–Kier alpha value is -0.500. The van der Waals surface area contributed by atoms with Crippen LogP contribution in [0.3, 0.4) is 0 Å². The molecule has 0 radical (unpaired) electrons. The summed E-state index contributed by atoms with van der Waals surface area (Å²) in [7, 11) is 0. The van der Waals surface area contributed by atoms with Crippen molar-refractivity contribution < 1.29 is 4.39 Å². The maximum atomic E-state index is 16.8. The molecule has 2 heteroatoms. The summed E-state index contributed by atoms with van der Waals surface area (Å²) < 4.78 is 16.8. The monoisotopic (exact) mass is 388 g/mol. The third-order valence-corrected chi connectivity index (χ3v) is 10.1. The van der Waals surface area contributed by atoms with Gasteiger partial charge in [0, 0.05) is 11.2 Å². The molecule has 0 aromatic carbocycles. The number of hydrogen-bond donors (Lipinski definition) is 0. The van der Waals surface area contributed by atoms with Crippen molar-refractivity contribution >= 4 is 11.8 Å². The molecule has 27 heavy (non-hydrogen) atoms. The predicted octanol–water partition coefficient (Wildman–Crippen LogP) is 7.38. The molecule has 0 unspecified atom stereocenters. The summed E-state index contributed by atoms with van der Waals surface area (Å²) in [5.41, 5.74) is 0.335. The molecule has 4 aliphatic rings. The normalized spacial score (nSPS) is 48.4. The zero-order valence-corrected chi connectivity index (χ0v) is 18.3. The van der Waals surface area contributed by atoms with Crippen LogP contribution in [0, 0.1) is 34.5 Å². The van der Waals surface area contributed by atoms with Crippen LogP contribution < -0.4 is 0 Å². The topological polar surface area (TPSA) is 0 Å². The zero-order chi connectivity index (χ0) is 19.3. The van der Waals surface area contributed by atoms with Crippen molar-refractivity contribution in [2.45, 2.75) is 71.4 Å². The van der Waals surface area contributed by atoms with Crippen molar-refractivity contribution in [1.82, 2.24) is 0 Å². The first-order chi connectivity index (χ1) is 12.9. The van der Waals surface area contributed by atoms with E-state index in [-0.39, 0.29) is 11.3 Å². The second kappa shape index (κ2) is 7.08. The van der Waals surface area contributed by atoms with Gasteiger partial charge < -0.3 is 0 Å². The minimum absolute atomic E-state index is 0.245. The number of thioether (sulfide) groups is 1. The minimum atomic E-state index is -1.04. The summed E-state index contributed by atoms with van der Waals surface area (Å²) in [5.74, 6) is 4.58. The lowest BCUT2D eigenvalue weighted by atomic mass is 9.46. The van der Waals surface area contributed by atoms with Crippen LogP contribution in [0.2, 0.25) is 0 Å². The Kier molecular flexibility index (Phi) is 5.19. The SMILES string of the molecule is C=CCSCC[C@H]1[C@H](C)C[C@H]2[C@@H]3CCC4=CCC=C[C@]4(C)[C@@]3(F)CC[C@]12C. The smallest absolute Gasteiger partial charge is 0.126 e. The maximum Gasteiger partial charge on any atom is 0.126 e. The highest BCUT2D eigenvalue weighted by molar-refractivity contribution is 7.99. The lowest BCUT2D eigenvalue weighted by molar-refractivity contribution is -0.126. The van der Waals surface area contributed by atoms with E-state index in [4.69, 9.17) is 0 Å². The molecule has 0 spiro atoms. The van der Waals surface area contributed by atoms with E-state index in [9.17, 15) is 0 Å². The Labute approximate surface area is 170 Å². The molecule has 0 saturated heterocycles. The first-order valence-corrected chi connectivity index (χ1v) is 12.3. The molecule has 0 aromatic rings. The van der Waals surface area contributed by atoms with Crippen LogP contribution in [-0.2, 0) is 0 Å². The Bertz CT molecular complexity index is 651. The zero-order valence-electron chi connectivity index (χ0n) is 17.5. The Balaban J connectivity index is 1.59. The summed E-state index contributed by atoms with van der Waals surface area (Å²) in [4.78, 5) is 0. The van der Waals surface area contributed by atoms with Gasteiger partial charge in [-0.05, 0) is 86.7 Å². The van der Waals surface area contributed by atoms with Gasteiger partial charge in [-0.25, -0.2) is 4.39 Å². The summed E-state index contributed by atoms with van der Waals surface area (Å²) in [6, 6.07) is 0. The largest absolute Gasteiger partial charge is 0.242 e. The van der Waals surface area contributed by atoms with E-state index in [2.05, 4.69) is 45.6 Å². The Morgan fingerprint density at radius 2 is 2.11 bits per heavy atom. The van der Waals surface area contributed by atoms with E-state index in [1.807, 2.05) is 17.8 Å². The van der Waals surface area contributed by atoms with E-state index in [0.29, 0.717) is 11.3 Å². The van der Waals surface area contributed by atoms with Crippen LogP contribution in [0.5, 0.6) is 0 Å². The first-order valence-electron chi connectivity index (χ1n) is 11.1. The number of halogens is 1. The van der Waals surface area contributed by atoms with E-state index in [1.54, 1.807) is 0 Å². The van der Waals surface area contributed by atoms with Crippen molar-refractivity contribution in [2.24, 2.45) is 34.5 Å². The van der Waals surface area contributed by atoms with Gasteiger partial charge >= 0.3 is 0 Å². The number of alkyl halides is 1. The summed E-state index contributed by atoms with van der Waals surface area (Å²) in [5, 5.41) is 0. The van der Waals surface area contributed by atoms with Gasteiger partial charge in [-0.2, -0.15) is 11.8 Å². The molecular formula is C25H37FS. The average Bonchev–Trinajstić information content (AvgIpc) is 2.90. The predicted molar refractivity (Wildman–Crippen MR) is 117 cm³/mol. The third kappa shape index (κ3) is 2.83. The van der Waals surface area contributed by atoms with E-state index in [1.165, 1.54) is 24.2 Å². The molecule has 0 amide bonds. The Morgan fingerprint density at radius 3 is 2.89 bits per heavy atom. The van der Waals surface area contributed by atoms with Crippen LogP contribution in [0.4, 0.5) is 4.39 Å². The number of hydrogen-bond acceptors (Lipinski definition) is 1.